The molecule has 5 nitrogen and oxygen atoms in total. The highest BCUT2D eigenvalue weighted by molar-refractivity contribution is 5.92. The van der Waals surface area contributed by atoms with Gasteiger partial charge in [0.25, 0.3) is 0 Å². The quantitative estimate of drug-likeness (QED) is 0.698. The van der Waals surface area contributed by atoms with E-state index in [1.807, 2.05) is 0 Å². The van der Waals surface area contributed by atoms with E-state index in [2.05, 4.69) is 0 Å². The lowest BCUT2D eigenvalue weighted by Gasteiger charge is -1.99. The predicted molar refractivity (Wildman–Crippen MR) is 50.9 cm³/mol. The van der Waals surface area contributed by atoms with E-state index < -0.39 is 5.97 Å². The first-order valence-electron chi connectivity index (χ1n) is 4.19. The van der Waals surface area contributed by atoms with Gasteiger partial charge in [-0.2, -0.15) is 0 Å². The first-order chi connectivity index (χ1) is 7.08. The van der Waals surface area contributed by atoms with Crippen LogP contribution in [0.3, 0.4) is 0 Å². The molecule has 0 aliphatic rings. The summed E-state index contributed by atoms with van der Waals surface area (Å²) in [5.74, 6) is -0.695. The molecule has 15 heavy (non-hydrogen) atoms. The molecule has 1 aromatic heterocycles. The highest BCUT2D eigenvalue weighted by Gasteiger charge is 2.14. The van der Waals surface area contributed by atoms with Crippen LogP contribution in [-0.2, 0) is 4.79 Å². The normalized spacial score (nSPS) is 10.5. The zero-order valence-electron chi connectivity index (χ0n) is 7.85. The summed E-state index contributed by atoms with van der Waals surface area (Å²) in [5.41, 5.74) is 0.253. The molecule has 2 aromatic rings. The van der Waals surface area contributed by atoms with Crippen LogP contribution in [0.4, 0.5) is 0 Å². The number of carbonyl (C=O) groups excluding carboxylic acids is 1. The van der Waals surface area contributed by atoms with E-state index in [0.717, 1.165) is 6.07 Å². The van der Waals surface area contributed by atoms with Crippen LogP contribution in [0.2, 0.25) is 0 Å². The third kappa shape index (κ3) is 1.59. The highest BCUT2D eigenvalue weighted by Crippen LogP contribution is 2.37. The molecule has 78 valence electrons. The molecular weight excluding hydrogens is 200 g/mol. The van der Waals surface area contributed by atoms with Gasteiger partial charge in [-0.3, -0.25) is 4.79 Å². The van der Waals surface area contributed by atoms with Crippen molar-refractivity contribution in [2.24, 2.45) is 0 Å². The first kappa shape index (κ1) is 9.39. The Labute approximate surface area is 84.5 Å². The van der Waals surface area contributed by atoms with E-state index in [9.17, 15) is 15.0 Å². The standard InChI is InChI=1S/C10H8O5/c1-5(11)15-9-4-14-8-3-6(12)2-7(13)10(8)9/h2-4,12-13H,1H3. The van der Waals surface area contributed by atoms with Crippen LogP contribution in [-0.4, -0.2) is 16.2 Å². The third-order valence-electron chi connectivity index (χ3n) is 1.86. The molecule has 2 rings (SSSR count). The molecule has 0 unspecified atom stereocenters. The highest BCUT2D eigenvalue weighted by atomic mass is 16.5. The van der Waals surface area contributed by atoms with Crippen molar-refractivity contribution in [2.45, 2.75) is 6.92 Å². The van der Waals surface area contributed by atoms with Crippen molar-refractivity contribution in [1.29, 1.82) is 0 Å². The summed E-state index contributed by atoms with van der Waals surface area (Å²) in [4.78, 5) is 10.7. The Morgan fingerprint density at radius 2 is 2.13 bits per heavy atom. The predicted octanol–water partition coefficient (Wildman–Crippen LogP) is 1.77. The van der Waals surface area contributed by atoms with Gasteiger partial charge in [0, 0.05) is 19.1 Å². The second-order valence-corrected chi connectivity index (χ2v) is 3.03. The van der Waals surface area contributed by atoms with Crippen molar-refractivity contribution in [3.63, 3.8) is 0 Å². The lowest BCUT2D eigenvalue weighted by atomic mass is 10.2. The molecule has 1 heterocycles. The molecule has 0 fully saturated rings. The molecule has 0 aliphatic heterocycles. The van der Waals surface area contributed by atoms with E-state index >= 15 is 0 Å². The largest absolute Gasteiger partial charge is 0.508 e. The lowest BCUT2D eigenvalue weighted by Crippen LogP contribution is -2.00. The number of benzene rings is 1. The molecule has 2 N–H and O–H groups in total. The van der Waals surface area contributed by atoms with Gasteiger partial charge in [-0.1, -0.05) is 0 Å². The van der Waals surface area contributed by atoms with Crippen molar-refractivity contribution in [3.05, 3.63) is 18.4 Å². The number of rotatable bonds is 1. The second-order valence-electron chi connectivity index (χ2n) is 3.03. The minimum atomic E-state index is -0.509. The molecule has 0 saturated heterocycles. The van der Waals surface area contributed by atoms with Crippen LogP contribution in [0.15, 0.2) is 22.8 Å². The maximum atomic E-state index is 10.7. The number of phenols is 2. The summed E-state index contributed by atoms with van der Waals surface area (Å²) in [6.07, 6.45) is 1.20. The van der Waals surface area contributed by atoms with Gasteiger partial charge in [-0.25, -0.2) is 0 Å². The SMILES string of the molecule is CC(=O)Oc1coc2cc(O)cc(O)c12. The van der Waals surface area contributed by atoms with Gasteiger partial charge in [0.05, 0.1) is 0 Å². The van der Waals surface area contributed by atoms with E-state index in [1.54, 1.807) is 0 Å². The van der Waals surface area contributed by atoms with Gasteiger partial charge in [0.15, 0.2) is 5.75 Å². The van der Waals surface area contributed by atoms with Gasteiger partial charge in [0.2, 0.25) is 0 Å². The number of esters is 1. The minimum absolute atomic E-state index is 0.122. The molecule has 0 bridgehead atoms. The fourth-order valence-corrected chi connectivity index (χ4v) is 1.33. The summed E-state index contributed by atoms with van der Waals surface area (Å²) in [6, 6.07) is 2.47. The lowest BCUT2D eigenvalue weighted by molar-refractivity contribution is -0.131. The van der Waals surface area contributed by atoms with Crippen LogP contribution >= 0.6 is 0 Å². The summed E-state index contributed by atoms with van der Waals surface area (Å²) in [6.45, 7) is 1.25. The van der Waals surface area contributed by atoms with Crippen LogP contribution in [0.5, 0.6) is 17.2 Å². The van der Waals surface area contributed by atoms with Crippen molar-refractivity contribution in [1.82, 2.24) is 0 Å². The molecule has 0 spiro atoms. The molecule has 5 heteroatoms. The summed E-state index contributed by atoms with van der Waals surface area (Å²) in [5, 5.41) is 19.0. The molecule has 0 atom stereocenters. The van der Waals surface area contributed by atoms with Crippen LogP contribution in [0, 0.1) is 0 Å². The van der Waals surface area contributed by atoms with Crippen LogP contribution in [0.1, 0.15) is 6.92 Å². The average molecular weight is 208 g/mol. The van der Waals surface area contributed by atoms with Crippen molar-refractivity contribution in [3.8, 4) is 17.2 Å². The zero-order valence-corrected chi connectivity index (χ0v) is 7.85. The topological polar surface area (TPSA) is 79.9 Å². The summed E-state index contributed by atoms with van der Waals surface area (Å²) in [7, 11) is 0. The Bertz CT molecular complexity index is 526. The number of furan rings is 1. The van der Waals surface area contributed by atoms with Crippen molar-refractivity contribution in [2.75, 3.05) is 0 Å². The molecule has 0 saturated carbocycles. The molecular formula is C10H8O5. The molecule has 0 amide bonds. The average Bonchev–Trinajstić information content (AvgIpc) is 2.46. The number of ether oxygens (including phenoxy) is 1. The first-order valence-corrected chi connectivity index (χ1v) is 4.19. The Balaban J connectivity index is 2.63. The summed E-state index contributed by atoms with van der Waals surface area (Å²) >= 11 is 0. The Morgan fingerprint density at radius 1 is 1.40 bits per heavy atom. The van der Waals surface area contributed by atoms with E-state index in [-0.39, 0.29) is 28.2 Å². The number of fused-ring (bicyclic) bond motifs is 1. The van der Waals surface area contributed by atoms with Gasteiger partial charge in [-0.05, 0) is 0 Å². The van der Waals surface area contributed by atoms with Crippen molar-refractivity contribution < 1.29 is 24.2 Å². The van der Waals surface area contributed by atoms with Gasteiger partial charge in [-0.15, -0.1) is 0 Å². The van der Waals surface area contributed by atoms with Gasteiger partial charge in [0.1, 0.15) is 28.7 Å². The monoisotopic (exact) mass is 208 g/mol. The number of hydrogen-bond acceptors (Lipinski definition) is 5. The van der Waals surface area contributed by atoms with E-state index in [0.29, 0.717) is 0 Å². The second kappa shape index (κ2) is 3.20. The number of carbonyl (C=O) groups is 1. The molecule has 1 aromatic carbocycles. The Kier molecular flexibility index (Phi) is 2.00. The number of aromatic hydroxyl groups is 2. The smallest absolute Gasteiger partial charge is 0.308 e. The fraction of sp³-hybridized carbons (Fsp3) is 0.100. The Morgan fingerprint density at radius 3 is 2.80 bits per heavy atom. The minimum Gasteiger partial charge on any atom is -0.508 e. The number of phenolic OH excluding ortho intramolecular Hbond substituents is 2. The van der Waals surface area contributed by atoms with Crippen LogP contribution in [0.25, 0.3) is 11.0 Å². The summed E-state index contributed by atoms with van der Waals surface area (Å²) < 4.78 is 9.83. The zero-order chi connectivity index (χ0) is 11.0. The van der Waals surface area contributed by atoms with Crippen molar-refractivity contribution >= 4 is 16.9 Å². The van der Waals surface area contributed by atoms with Crippen LogP contribution < -0.4 is 4.74 Å². The maximum absolute atomic E-state index is 10.7. The van der Waals surface area contributed by atoms with E-state index in [1.165, 1.54) is 19.3 Å². The number of hydrogen-bond donors (Lipinski definition) is 2. The Hall–Kier alpha value is -2.17. The van der Waals surface area contributed by atoms with E-state index in [4.69, 9.17) is 9.15 Å². The molecule has 0 aliphatic carbocycles. The molecule has 0 radical (unpaired) electrons. The van der Waals surface area contributed by atoms with Gasteiger partial charge < -0.3 is 19.4 Å². The fourth-order valence-electron chi connectivity index (χ4n) is 1.33. The van der Waals surface area contributed by atoms with Gasteiger partial charge >= 0.3 is 5.97 Å². The third-order valence-corrected chi connectivity index (χ3v) is 1.86. The maximum Gasteiger partial charge on any atom is 0.308 e.